The van der Waals surface area contributed by atoms with Crippen molar-refractivity contribution < 1.29 is 14.4 Å². The summed E-state index contributed by atoms with van der Waals surface area (Å²) in [5.41, 5.74) is 5.20. The summed E-state index contributed by atoms with van der Waals surface area (Å²) in [4.78, 5) is 47.6. The van der Waals surface area contributed by atoms with Gasteiger partial charge in [0.2, 0.25) is 11.8 Å². The number of ketones is 1. The largest absolute Gasteiger partial charge is 0.297 e. The molecule has 0 N–H and O–H groups in total. The molecule has 47 heavy (non-hydrogen) atoms. The van der Waals surface area contributed by atoms with Crippen LogP contribution in [0.25, 0.3) is 11.1 Å². The second-order valence-corrected chi connectivity index (χ2v) is 13.5. The van der Waals surface area contributed by atoms with Crippen LogP contribution in [0.15, 0.2) is 127 Å². The number of carbonyl (C=O) groups is 3. The molecule has 1 heterocycles. The minimum atomic E-state index is -1.44. The Morgan fingerprint density at radius 1 is 0.553 bits per heavy atom. The Bertz CT molecular complexity index is 2010. The second kappa shape index (κ2) is 10.5. The van der Waals surface area contributed by atoms with Crippen molar-refractivity contribution in [1.29, 1.82) is 0 Å². The summed E-state index contributed by atoms with van der Waals surface area (Å²) in [6, 6.07) is 40.8. The van der Waals surface area contributed by atoms with Crippen LogP contribution in [0.2, 0.25) is 5.02 Å². The minimum absolute atomic E-state index is 0.132. The van der Waals surface area contributed by atoms with Crippen molar-refractivity contribution in [2.24, 2.45) is 11.8 Å². The minimum Gasteiger partial charge on any atom is -0.297 e. The number of carbonyl (C=O) groups excluding carboxylic acids is 3. The molecule has 2 bridgehead atoms. The number of hydrogen-bond donors (Lipinski definition) is 0. The van der Waals surface area contributed by atoms with E-state index in [-0.39, 0.29) is 17.6 Å². The van der Waals surface area contributed by atoms with Crippen LogP contribution in [0.4, 0.5) is 5.69 Å². The summed E-state index contributed by atoms with van der Waals surface area (Å²) in [5, 5.41) is 0.427. The highest BCUT2D eigenvalue weighted by Crippen LogP contribution is 2.74. The van der Waals surface area contributed by atoms with E-state index in [1.807, 2.05) is 136 Å². The number of nitrogens with zero attached hydrogens (tertiary/aromatic N) is 1. The number of amides is 2. The van der Waals surface area contributed by atoms with Crippen molar-refractivity contribution in [1.82, 2.24) is 0 Å². The summed E-state index contributed by atoms with van der Waals surface area (Å²) in [6.07, 6.45) is 0. The van der Waals surface area contributed by atoms with Crippen LogP contribution >= 0.6 is 11.6 Å². The molecule has 2 amide bonds. The third kappa shape index (κ3) is 3.79. The Labute approximate surface area is 279 Å². The lowest BCUT2D eigenvalue weighted by Gasteiger charge is -2.39. The molecule has 0 radical (unpaired) electrons. The zero-order valence-corrected chi connectivity index (χ0v) is 27.1. The summed E-state index contributed by atoms with van der Waals surface area (Å²) in [5.74, 6) is -2.85. The van der Waals surface area contributed by atoms with Crippen molar-refractivity contribution >= 4 is 46.0 Å². The van der Waals surface area contributed by atoms with E-state index in [4.69, 9.17) is 11.6 Å². The van der Waals surface area contributed by atoms with Crippen LogP contribution < -0.4 is 4.90 Å². The molecule has 8 rings (SSSR count). The number of aryl methyl sites for hydroxylation is 3. The Hall–Kier alpha value is -5.06. The molecule has 1 saturated heterocycles. The van der Waals surface area contributed by atoms with Gasteiger partial charge in [0, 0.05) is 5.02 Å². The molecular formula is C42H32ClNO3. The lowest BCUT2D eigenvalue weighted by atomic mass is 9.59. The van der Waals surface area contributed by atoms with Gasteiger partial charge >= 0.3 is 0 Å². The normalized spacial score (nSPS) is 24.8. The standard InChI is InChI=1S/C42H32ClNO3/c1-25-14-19-28(20-15-25)34-35(29-21-16-26(2)17-22-29)42(31-12-8-5-9-13-31)37-36(41(34,40(42)47)30-10-6-4-7-11-30)38(45)44(39(37)46)33-24-32(43)23-18-27(33)3/h4-24,36-37H,1-3H3/t36-,37-,41-,42-/m1/s1. The molecule has 0 aromatic heterocycles. The first-order valence-electron chi connectivity index (χ1n) is 15.9. The van der Waals surface area contributed by atoms with E-state index in [1.54, 1.807) is 12.1 Å². The number of fused-ring (bicyclic) bond motifs is 5. The molecule has 4 atom stereocenters. The third-order valence-corrected chi connectivity index (χ3v) is 10.8. The molecule has 5 aromatic carbocycles. The van der Waals surface area contributed by atoms with Crippen LogP contribution in [0.3, 0.4) is 0 Å². The Morgan fingerprint density at radius 2 is 0.979 bits per heavy atom. The monoisotopic (exact) mass is 633 g/mol. The average Bonchev–Trinajstić information content (AvgIpc) is 3.59. The highest BCUT2D eigenvalue weighted by molar-refractivity contribution is 6.39. The Kier molecular flexibility index (Phi) is 6.54. The summed E-state index contributed by atoms with van der Waals surface area (Å²) < 4.78 is 0. The van der Waals surface area contributed by atoms with Crippen LogP contribution in [0, 0.1) is 32.6 Å². The number of halogens is 1. The predicted molar refractivity (Wildman–Crippen MR) is 186 cm³/mol. The van der Waals surface area contributed by atoms with Crippen LogP contribution in [-0.2, 0) is 25.2 Å². The number of benzene rings is 5. The van der Waals surface area contributed by atoms with Crippen LogP contribution in [0.1, 0.15) is 38.9 Å². The molecular weight excluding hydrogens is 602 g/mol. The van der Waals surface area contributed by atoms with Gasteiger partial charge in [0.15, 0.2) is 5.78 Å². The van der Waals surface area contributed by atoms with Gasteiger partial charge in [-0.2, -0.15) is 0 Å². The van der Waals surface area contributed by atoms with Crippen molar-refractivity contribution in [2.75, 3.05) is 4.90 Å². The lowest BCUT2D eigenvalue weighted by molar-refractivity contribution is -0.130. The Morgan fingerprint density at radius 3 is 1.40 bits per heavy atom. The van der Waals surface area contributed by atoms with Gasteiger partial charge in [-0.3, -0.25) is 14.4 Å². The van der Waals surface area contributed by atoms with Gasteiger partial charge in [-0.05, 0) is 71.9 Å². The maximum atomic E-state index is 16.0. The average molecular weight is 634 g/mol. The first-order valence-corrected chi connectivity index (χ1v) is 16.3. The van der Waals surface area contributed by atoms with Gasteiger partial charge in [-0.15, -0.1) is 0 Å². The molecule has 230 valence electrons. The number of hydrogen-bond acceptors (Lipinski definition) is 3. The van der Waals surface area contributed by atoms with Crippen molar-refractivity contribution in [2.45, 2.75) is 31.6 Å². The van der Waals surface area contributed by atoms with Gasteiger partial charge in [0.25, 0.3) is 0 Å². The topological polar surface area (TPSA) is 54.5 Å². The van der Waals surface area contributed by atoms with Crippen molar-refractivity contribution in [3.63, 3.8) is 0 Å². The maximum absolute atomic E-state index is 16.0. The van der Waals surface area contributed by atoms with E-state index in [0.29, 0.717) is 21.8 Å². The second-order valence-electron chi connectivity index (χ2n) is 13.1. The number of allylic oxidation sites excluding steroid dienone is 2. The van der Waals surface area contributed by atoms with E-state index in [9.17, 15) is 0 Å². The summed E-state index contributed by atoms with van der Waals surface area (Å²) >= 11 is 6.47. The van der Waals surface area contributed by atoms with E-state index in [1.165, 1.54) is 4.90 Å². The van der Waals surface area contributed by atoms with Crippen molar-refractivity contribution in [3.8, 4) is 0 Å². The first kappa shape index (κ1) is 29.3. The molecule has 2 fully saturated rings. The maximum Gasteiger partial charge on any atom is 0.239 e. The lowest BCUT2D eigenvalue weighted by Crippen LogP contribution is -2.45. The highest BCUT2D eigenvalue weighted by Gasteiger charge is 2.82. The summed E-state index contributed by atoms with van der Waals surface area (Å²) in [6.45, 7) is 5.93. The SMILES string of the molecule is Cc1ccc(C2=C(c3ccc(C)cc3)[C@@]3(c4ccccc4)C(=O)[C@@]2(c2ccccc2)[C@H]2C(=O)N(c4cc(Cl)ccc4C)C(=O)[C@@H]23)cc1. The predicted octanol–water partition coefficient (Wildman–Crippen LogP) is 8.45. The molecule has 1 saturated carbocycles. The van der Waals surface area contributed by atoms with E-state index in [0.717, 1.165) is 39.0 Å². The molecule has 2 aliphatic carbocycles. The summed E-state index contributed by atoms with van der Waals surface area (Å²) in [7, 11) is 0. The quantitative estimate of drug-likeness (QED) is 0.183. The third-order valence-electron chi connectivity index (χ3n) is 10.5. The van der Waals surface area contributed by atoms with E-state index in [2.05, 4.69) is 0 Å². The molecule has 3 aliphatic rings. The van der Waals surface area contributed by atoms with Crippen molar-refractivity contribution in [3.05, 3.63) is 171 Å². The molecule has 0 unspecified atom stereocenters. The number of rotatable bonds is 5. The van der Waals surface area contributed by atoms with Gasteiger partial charge in [0.05, 0.1) is 28.4 Å². The molecule has 5 aromatic rings. The van der Waals surface area contributed by atoms with Gasteiger partial charge in [-0.25, -0.2) is 4.90 Å². The molecule has 5 heteroatoms. The molecule has 1 aliphatic heterocycles. The Balaban J connectivity index is 1.56. The van der Waals surface area contributed by atoms with E-state index >= 15 is 14.4 Å². The van der Waals surface area contributed by atoms with E-state index < -0.39 is 22.7 Å². The van der Waals surface area contributed by atoms with Gasteiger partial charge in [-0.1, -0.05) is 138 Å². The fourth-order valence-corrected chi connectivity index (χ4v) is 8.79. The van der Waals surface area contributed by atoms with Crippen LogP contribution in [0.5, 0.6) is 0 Å². The zero-order chi connectivity index (χ0) is 32.7. The molecule has 0 spiro atoms. The fraction of sp³-hybridized carbons (Fsp3) is 0.167. The van der Waals surface area contributed by atoms with Gasteiger partial charge < -0.3 is 0 Å². The number of anilines is 1. The number of imide groups is 1. The van der Waals surface area contributed by atoms with Crippen LogP contribution in [-0.4, -0.2) is 17.6 Å². The van der Waals surface area contributed by atoms with Gasteiger partial charge in [0.1, 0.15) is 0 Å². The fourth-order valence-electron chi connectivity index (χ4n) is 8.63. The first-order chi connectivity index (χ1) is 22.7. The zero-order valence-electron chi connectivity index (χ0n) is 26.3. The molecule has 4 nitrogen and oxygen atoms in total. The smallest absolute Gasteiger partial charge is 0.239 e. The number of Topliss-reactive ketones (excluding diaryl/α,β-unsaturated/α-hetero) is 1. The highest BCUT2D eigenvalue weighted by atomic mass is 35.5.